The molecule has 1 aromatic rings. The van der Waals surface area contributed by atoms with Crippen LogP contribution in [-0.4, -0.2) is 22.9 Å². The largest absolute Gasteiger partial charge is 0.481 e. The van der Waals surface area contributed by atoms with Crippen LogP contribution in [0.25, 0.3) is 0 Å². The van der Waals surface area contributed by atoms with E-state index in [9.17, 15) is 4.79 Å². The summed E-state index contributed by atoms with van der Waals surface area (Å²) >= 11 is 1.74. The average Bonchev–Trinajstić information content (AvgIpc) is 2.27. The number of hydrogen-bond donors (Lipinski definition) is 2. The SMILES string of the molecule is CCc1ccc2c(c1)SCC(CC(=O)O)N2. The molecule has 2 N–H and O–H groups in total. The number of carboxylic acids is 1. The first-order valence-electron chi connectivity index (χ1n) is 5.43. The lowest BCUT2D eigenvalue weighted by Crippen LogP contribution is -2.28. The zero-order valence-electron chi connectivity index (χ0n) is 9.19. The molecule has 0 bridgehead atoms. The first-order valence-corrected chi connectivity index (χ1v) is 6.41. The van der Waals surface area contributed by atoms with E-state index in [1.165, 1.54) is 10.5 Å². The van der Waals surface area contributed by atoms with E-state index in [0.717, 1.165) is 17.9 Å². The number of fused-ring (bicyclic) bond motifs is 1. The van der Waals surface area contributed by atoms with Crippen molar-refractivity contribution in [2.45, 2.75) is 30.7 Å². The Morgan fingerprint density at radius 2 is 2.44 bits per heavy atom. The van der Waals surface area contributed by atoms with Crippen LogP contribution in [0.5, 0.6) is 0 Å². The van der Waals surface area contributed by atoms with Crippen LogP contribution in [0.15, 0.2) is 23.1 Å². The fourth-order valence-electron chi connectivity index (χ4n) is 1.80. The van der Waals surface area contributed by atoms with Gasteiger partial charge in [0, 0.05) is 22.4 Å². The Hall–Kier alpha value is -1.16. The Morgan fingerprint density at radius 3 is 3.12 bits per heavy atom. The lowest BCUT2D eigenvalue weighted by molar-refractivity contribution is -0.137. The van der Waals surface area contributed by atoms with Crippen molar-refractivity contribution in [1.82, 2.24) is 0 Å². The second-order valence-electron chi connectivity index (χ2n) is 3.93. The summed E-state index contributed by atoms with van der Waals surface area (Å²) in [5, 5.41) is 12.0. The van der Waals surface area contributed by atoms with E-state index in [0.29, 0.717) is 0 Å². The first-order chi connectivity index (χ1) is 7.69. The predicted octanol–water partition coefficient (Wildman–Crippen LogP) is 2.61. The minimum Gasteiger partial charge on any atom is -0.481 e. The fraction of sp³-hybridized carbons (Fsp3) is 0.417. The Morgan fingerprint density at radius 1 is 1.62 bits per heavy atom. The van der Waals surface area contributed by atoms with Crippen molar-refractivity contribution in [3.05, 3.63) is 23.8 Å². The van der Waals surface area contributed by atoms with Gasteiger partial charge in [0.1, 0.15) is 0 Å². The zero-order chi connectivity index (χ0) is 11.5. The summed E-state index contributed by atoms with van der Waals surface area (Å²) in [7, 11) is 0. The topological polar surface area (TPSA) is 49.3 Å². The number of thioether (sulfide) groups is 1. The number of hydrogen-bond acceptors (Lipinski definition) is 3. The van der Waals surface area contributed by atoms with Crippen molar-refractivity contribution < 1.29 is 9.90 Å². The summed E-state index contributed by atoms with van der Waals surface area (Å²) < 4.78 is 0. The van der Waals surface area contributed by atoms with E-state index in [2.05, 4.69) is 30.4 Å². The molecule has 0 spiro atoms. The van der Waals surface area contributed by atoms with Crippen molar-refractivity contribution in [2.75, 3.05) is 11.1 Å². The quantitative estimate of drug-likeness (QED) is 0.848. The second-order valence-corrected chi connectivity index (χ2v) is 5.00. The maximum absolute atomic E-state index is 10.6. The average molecular weight is 237 g/mol. The molecular formula is C12H15NO2S. The van der Waals surface area contributed by atoms with Crippen molar-refractivity contribution in [3.63, 3.8) is 0 Å². The van der Waals surface area contributed by atoms with Crippen molar-refractivity contribution in [2.24, 2.45) is 0 Å². The highest BCUT2D eigenvalue weighted by Crippen LogP contribution is 2.34. The molecule has 0 aliphatic carbocycles. The van der Waals surface area contributed by atoms with E-state index in [1.54, 1.807) is 11.8 Å². The molecule has 0 fully saturated rings. The van der Waals surface area contributed by atoms with Crippen LogP contribution in [0.4, 0.5) is 5.69 Å². The number of aryl methyl sites for hydroxylation is 1. The van der Waals surface area contributed by atoms with Gasteiger partial charge in [0.05, 0.1) is 6.42 Å². The smallest absolute Gasteiger partial charge is 0.305 e. The van der Waals surface area contributed by atoms with E-state index < -0.39 is 5.97 Å². The van der Waals surface area contributed by atoms with Crippen LogP contribution in [0.3, 0.4) is 0 Å². The monoisotopic (exact) mass is 237 g/mol. The number of nitrogens with one attached hydrogen (secondary N) is 1. The molecule has 4 heteroatoms. The summed E-state index contributed by atoms with van der Waals surface area (Å²) in [5.41, 5.74) is 2.39. The molecule has 0 saturated carbocycles. The summed E-state index contributed by atoms with van der Waals surface area (Å²) in [6.07, 6.45) is 1.22. The number of carboxylic acid groups (broad SMARTS) is 1. The predicted molar refractivity (Wildman–Crippen MR) is 66.2 cm³/mol. The normalized spacial score (nSPS) is 18.7. The van der Waals surface area contributed by atoms with Crippen molar-refractivity contribution >= 4 is 23.4 Å². The lowest BCUT2D eigenvalue weighted by Gasteiger charge is -2.25. The molecule has 0 amide bonds. The molecule has 0 radical (unpaired) electrons. The van der Waals surface area contributed by atoms with Gasteiger partial charge in [-0.1, -0.05) is 13.0 Å². The molecule has 2 rings (SSSR count). The molecule has 0 aromatic heterocycles. The first kappa shape index (κ1) is 11.3. The van der Waals surface area contributed by atoms with Crippen LogP contribution in [0.1, 0.15) is 18.9 Å². The molecule has 1 heterocycles. The number of aliphatic carboxylic acids is 1. The van der Waals surface area contributed by atoms with Crippen LogP contribution >= 0.6 is 11.8 Å². The molecule has 1 unspecified atom stereocenters. The number of rotatable bonds is 3. The lowest BCUT2D eigenvalue weighted by atomic mass is 10.1. The zero-order valence-corrected chi connectivity index (χ0v) is 10.0. The van der Waals surface area contributed by atoms with Crippen molar-refractivity contribution in [3.8, 4) is 0 Å². The van der Waals surface area contributed by atoms with Gasteiger partial charge in [-0.2, -0.15) is 0 Å². The minimum atomic E-state index is -0.744. The van der Waals surface area contributed by atoms with Crippen LogP contribution < -0.4 is 5.32 Å². The second kappa shape index (κ2) is 4.78. The maximum atomic E-state index is 10.6. The van der Waals surface area contributed by atoms with E-state index in [1.807, 2.05) is 0 Å². The molecule has 1 atom stereocenters. The Labute approximate surface area is 99.2 Å². The van der Waals surface area contributed by atoms with E-state index in [4.69, 9.17) is 5.11 Å². The highest BCUT2D eigenvalue weighted by molar-refractivity contribution is 7.99. The molecule has 0 saturated heterocycles. The highest BCUT2D eigenvalue weighted by atomic mass is 32.2. The third kappa shape index (κ3) is 2.50. The third-order valence-electron chi connectivity index (χ3n) is 2.67. The van der Waals surface area contributed by atoms with Gasteiger partial charge in [0.25, 0.3) is 0 Å². The van der Waals surface area contributed by atoms with Crippen molar-refractivity contribution in [1.29, 1.82) is 0 Å². The molecule has 86 valence electrons. The molecule has 16 heavy (non-hydrogen) atoms. The van der Waals surface area contributed by atoms with Crippen LogP contribution in [0, 0.1) is 0 Å². The Balaban J connectivity index is 2.12. The molecule has 1 aliphatic heterocycles. The van der Waals surface area contributed by atoms with Gasteiger partial charge in [-0.15, -0.1) is 11.8 Å². The van der Waals surface area contributed by atoms with E-state index >= 15 is 0 Å². The number of anilines is 1. The summed E-state index contributed by atoms with van der Waals surface area (Å²) in [6.45, 7) is 2.13. The van der Waals surface area contributed by atoms with Gasteiger partial charge in [-0.25, -0.2) is 0 Å². The summed E-state index contributed by atoms with van der Waals surface area (Å²) in [6, 6.07) is 6.37. The number of carbonyl (C=O) groups is 1. The van der Waals surface area contributed by atoms with E-state index in [-0.39, 0.29) is 12.5 Å². The van der Waals surface area contributed by atoms with Gasteiger partial charge in [-0.05, 0) is 24.1 Å². The maximum Gasteiger partial charge on any atom is 0.305 e. The third-order valence-corrected chi connectivity index (χ3v) is 3.89. The van der Waals surface area contributed by atoms with Gasteiger partial charge < -0.3 is 10.4 Å². The summed E-state index contributed by atoms with van der Waals surface area (Å²) in [4.78, 5) is 11.9. The fourth-order valence-corrected chi connectivity index (χ4v) is 2.90. The van der Waals surface area contributed by atoms with Gasteiger partial charge >= 0.3 is 5.97 Å². The Kier molecular flexibility index (Phi) is 3.39. The van der Waals surface area contributed by atoms with Gasteiger partial charge in [-0.3, -0.25) is 4.79 Å². The number of benzene rings is 1. The highest BCUT2D eigenvalue weighted by Gasteiger charge is 2.20. The van der Waals surface area contributed by atoms with Crippen LogP contribution in [-0.2, 0) is 11.2 Å². The summed E-state index contributed by atoms with van der Waals surface area (Å²) in [5.74, 6) is 0.0821. The van der Waals surface area contributed by atoms with Gasteiger partial charge in [0.15, 0.2) is 0 Å². The van der Waals surface area contributed by atoms with Crippen LogP contribution in [0.2, 0.25) is 0 Å². The molecule has 1 aromatic carbocycles. The Bertz CT molecular complexity index is 406. The molecular weight excluding hydrogens is 222 g/mol. The molecule has 3 nitrogen and oxygen atoms in total. The molecule has 1 aliphatic rings. The minimum absolute atomic E-state index is 0.0440. The van der Waals surface area contributed by atoms with Gasteiger partial charge in [0.2, 0.25) is 0 Å². The standard InChI is InChI=1S/C12H15NO2S/c1-2-8-3-4-10-11(5-8)16-7-9(13-10)6-12(14)15/h3-5,9,13H,2,6-7H2,1H3,(H,14,15).